The molecule has 0 saturated carbocycles. The number of aryl methyl sites for hydroxylation is 1. The van der Waals surface area contributed by atoms with Gasteiger partial charge in [0.25, 0.3) is 0 Å². The highest BCUT2D eigenvalue weighted by atomic mass is 16.5. The molecule has 2 rings (SSSR count). The molecule has 0 atom stereocenters. The van der Waals surface area contributed by atoms with Crippen molar-refractivity contribution in [2.75, 3.05) is 7.11 Å². The van der Waals surface area contributed by atoms with Crippen LogP contribution < -0.4 is 4.74 Å². The lowest BCUT2D eigenvalue weighted by atomic mass is 10.1. The molecule has 0 saturated heterocycles. The molecule has 0 bridgehead atoms. The number of carbonyl (C=O) groups is 1. The highest BCUT2D eigenvalue weighted by Gasteiger charge is 2.04. The van der Waals surface area contributed by atoms with E-state index in [0.717, 1.165) is 5.56 Å². The molecule has 0 spiro atoms. The minimum atomic E-state index is -0.125. The summed E-state index contributed by atoms with van der Waals surface area (Å²) in [4.78, 5) is 11.8. The van der Waals surface area contributed by atoms with Crippen LogP contribution in [0.2, 0.25) is 0 Å². The second-order valence-corrected chi connectivity index (χ2v) is 4.03. The zero-order chi connectivity index (χ0) is 13.8. The van der Waals surface area contributed by atoms with Crippen molar-refractivity contribution in [3.63, 3.8) is 0 Å². The van der Waals surface area contributed by atoms with E-state index in [1.54, 1.807) is 36.1 Å². The molecule has 19 heavy (non-hydrogen) atoms. The number of aromatic hydroxyl groups is 1. The number of hydrogen-bond acceptors (Lipinski definition) is 4. The lowest BCUT2D eigenvalue weighted by Gasteiger charge is -2.03. The molecule has 5 heteroatoms. The van der Waals surface area contributed by atoms with Crippen molar-refractivity contribution in [2.24, 2.45) is 7.05 Å². The van der Waals surface area contributed by atoms with Crippen LogP contribution >= 0.6 is 0 Å². The molecule has 0 fully saturated rings. The highest BCUT2D eigenvalue weighted by molar-refractivity contribution is 6.06. The Morgan fingerprint density at radius 1 is 1.47 bits per heavy atom. The first-order chi connectivity index (χ1) is 9.10. The molecule has 0 radical (unpaired) electrons. The van der Waals surface area contributed by atoms with Gasteiger partial charge in [-0.2, -0.15) is 5.10 Å². The fourth-order valence-corrected chi connectivity index (χ4v) is 1.61. The average Bonchev–Trinajstić information content (AvgIpc) is 2.84. The van der Waals surface area contributed by atoms with Gasteiger partial charge in [-0.1, -0.05) is 12.1 Å². The number of aromatic nitrogens is 2. The molecule has 0 amide bonds. The summed E-state index contributed by atoms with van der Waals surface area (Å²) in [5.41, 5.74) is 1.30. The third-order valence-corrected chi connectivity index (χ3v) is 2.62. The van der Waals surface area contributed by atoms with Gasteiger partial charge < -0.3 is 9.84 Å². The van der Waals surface area contributed by atoms with Crippen molar-refractivity contribution in [1.29, 1.82) is 0 Å². The molecule has 0 unspecified atom stereocenters. The number of phenols is 1. The van der Waals surface area contributed by atoms with Crippen molar-refractivity contribution in [3.8, 4) is 11.5 Å². The summed E-state index contributed by atoms with van der Waals surface area (Å²) in [6.45, 7) is 0. The normalized spacial score (nSPS) is 10.8. The van der Waals surface area contributed by atoms with E-state index in [-0.39, 0.29) is 11.5 Å². The van der Waals surface area contributed by atoms with Crippen LogP contribution in [0.4, 0.5) is 0 Å². The number of carbonyl (C=O) groups excluding carboxylic acids is 1. The van der Waals surface area contributed by atoms with E-state index < -0.39 is 0 Å². The number of benzene rings is 1. The zero-order valence-electron chi connectivity index (χ0n) is 10.7. The van der Waals surface area contributed by atoms with Crippen molar-refractivity contribution in [2.45, 2.75) is 0 Å². The predicted molar refractivity (Wildman–Crippen MR) is 71.2 cm³/mol. The quantitative estimate of drug-likeness (QED) is 0.673. The van der Waals surface area contributed by atoms with Crippen LogP contribution in [0.1, 0.15) is 15.9 Å². The van der Waals surface area contributed by atoms with E-state index in [0.29, 0.717) is 11.3 Å². The first kappa shape index (κ1) is 12.9. The Morgan fingerprint density at radius 3 is 2.89 bits per heavy atom. The number of nitrogens with zero attached hydrogens (tertiary/aromatic N) is 2. The van der Waals surface area contributed by atoms with Gasteiger partial charge in [-0.05, 0) is 23.8 Å². The van der Waals surface area contributed by atoms with Crippen LogP contribution in [0.3, 0.4) is 0 Å². The van der Waals surface area contributed by atoms with E-state index in [4.69, 9.17) is 4.74 Å². The topological polar surface area (TPSA) is 64.3 Å². The number of ether oxygens (including phenoxy) is 1. The van der Waals surface area contributed by atoms with E-state index in [1.165, 1.54) is 25.4 Å². The number of rotatable bonds is 4. The lowest BCUT2D eigenvalue weighted by molar-refractivity contribution is 0.104. The maximum absolute atomic E-state index is 11.8. The molecule has 5 nitrogen and oxygen atoms in total. The summed E-state index contributed by atoms with van der Waals surface area (Å²) in [5, 5.41) is 13.4. The summed E-state index contributed by atoms with van der Waals surface area (Å²) in [6, 6.07) is 4.88. The van der Waals surface area contributed by atoms with Gasteiger partial charge in [0.15, 0.2) is 17.3 Å². The molecule has 98 valence electrons. The van der Waals surface area contributed by atoms with Crippen molar-refractivity contribution >= 4 is 11.9 Å². The number of ketones is 1. The number of methoxy groups -OCH3 is 1. The summed E-state index contributed by atoms with van der Waals surface area (Å²) in [5.74, 6) is 0.314. The molecule has 2 aromatic rings. The third-order valence-electron chi connectivity index (χ3n) is 2.62. The molecular weight excluding hydrogens is 244 g/mol. The van der Waals surface area contributed by atoms with E-state index in [9.17, 15) is 9.90 Å². The first-order valence-electron chi connectivity index (χ1n) is 5.68. The monoisotopic (exact) mass is 258 g/mol. The average molecular weight is 258 g/mol. The lowest BCUT2D eigenvalue weighted by Crippen LogP contribution is -1.92. The molecule has 0 aliphatic rings. The van der Waals surface area contributed by atoms with Gasteiger partial charge >= 0.3 is 0 Å². The number of allylic oxidation sites excluding steroid dienone is 1. The Labute approximate surface area is 110 Å². The third kappa shape index (κ3) is 3.01. The Bertz CT molecular complexity index is 629. The number of hydrogen-bond donors (Lipinski definition) is 1. The fourth-order valence-electron chi connectivity index (χ4n) is 1.61. The minimum absolute atomic E-state index is 0.0678. The van der Waals surface area contributed by atoms with E-state index >= 15 is 0 Å². The number of phenolic OH excluding ortho intramolecular Hbond substituents is 1. The van der Waals surface area contributed by atoms with Gasteiger partial charge in [-0.3, -0.25) is 9.48 Å². The summed E-state index contributed by atoms with van der Waals surface area (Å²) < 4.78 is 6.57. The second kappa shape index (κ2) is 5.39. The molecule has 0 aliphatic carbocycles. The van der Waals surface area contributed by atoms with Crippen LogP contribution in [0, 0.1) is 0 Å². The first-order valence-corrected chi connectivity index (χ1v) is 5.68. The maximum Gasteiger partial charge on any atom is 0.189 e. The van der Waals surface area contributed by atoms with Gasteiger partial charge in [0.05, 0.1) is 18.9 Å². The smallest absolute Gasteiger partial charge is 0.189 e. The van der Waals surface area contributed by atoms with Crippen LogP contribution in [0.15, 0.2) is 36.7 Å². The Balaban J connectivity index is 2.16. The summed E-state index contributed by atoms with van der Waals surface area (Å²) in [6.07, 6.45) is 6.30. The Hall–Kier alpha value is -2.56. The molecular formula is C14H14N2O3. The summed E-state index contributed by atoms with van der Waals surface area (Å²) in [7, 11) is 3.23. The van der Waals surface area contributed by atoms with Gasteiger partial charge in [0, 0.05) is 13.2 Å². The zero-order valence-corrected chi connectivity index (χ0v) is 10.7. The Morgan fingerprint density at radius 2 is 2.26 bits per heavy atom. The van der Waals surface area contributed by atoms with Crippen molar-refractivity contribution in [3.05, 3.63) is 47.8 Å². The van der Waals surface area contributed by atoms with Crippen LogP contribution in [-0.4, -0.2) is 27.8 Å². The molecule has 1 aromatic heterocycles. The van der Waals surface area contributed by atoms with Crippen LogP contribution in [0.25, 0.3) is 6.08 Å². The molecule has 1 aromatic carbocycles. The molecule has 1 heterocycles. The highest BCUT2D eigenvalue weighted by Crippen LogP contribution is 2.26. The second-order valence-electron chi connectivity index (χ2n) is 4.03. The largest absolute Gasteiger partial charge is 0.504 e. The predicted octanol–water partition coefficient (Wildman–Crippen LogP) is 2.03. The van der Waals surface area contributed by atoms with E-state index in [2.05, 4.69) is 5.10 Å². The van der Waals surface area contributed by atoms with Crippen LogP contribution in [-0.2, 0) is 7.05 Å². The standard InChI is InChI=1S/C14H14N2O3/c1-16-9-11(8-15-16)12(17)5-3-10-4-6-13(18)14(7-10)19-2/h3-9,18H,1-2H3. The molecule has 0 aliphatic heterocycles. The van der Waals surface area contributed by atoms with Gasteiger partial charge in [-0.25, -0.2) is 0 Å². The van der Waals surface area contributed by atoms with Crippen molar-refractivity contribution in [1.82, 2.24) is 9.78 Å². The maximum atomic E-state index is 11.8. The van der Waals surface area contributed by atoms with Gasteiger partial charge in [-0.15, -0.1) is 0 Å². The summed E-state index contributed by atoms with van der Waals surface area (Å²) >= 11 is 0. The minimum Gasteiger partial charge on any atom is -0.504 e. The van der Waals surface area contributed by atoms with Crippen molar-refractivity contribution < 1.29 is 14.6 Å². The Kier molecular flexibility index (Phi) is 3.66. The van der Waals surface area contributed by atoms with E-state index in [1.807, 2.05) is 0 Å². The van der Waals surface area contributed by atoms with Crippen LogP contribution in [0.5, 0.6) is 11.5 Å². The molecule has 1 N–H and O–H groups in total. The van der Waals surface area contributed by atoms with Gasteiger partial charge in [0.1, 0.15) is 0 Å². The van der Waals surface area contributed by atoms with Gasteiger partial charge in [0.2, 0.25) is 0 Å². The SMILES string of the molecule is COc1cc(C=CC(=O)c2cnn(C)c2)ccc1O. The fraction of sp³-hybridized carbons (Fsp3) is 0.143.